The van der Waals surface area contributed by atoms with Crippen LogP contribution in [0.3, 0.4) is 0 Å². The van der Waals surface area contributed by atoms with E-state index in [1.54, 1.807) is 12.1 Å². The van der Waals surface area contributed by atoms with E-state index in [4.69, 9.17) is 0 Å². The lowest BCUT2D eigenvalue weighted by Gasteiger charge is -2.37. The molecular formula is C18H14INO3. The lowest BCUT2D eigenvalue weighted by atomic mass is 9.63. The van der Waals surface area contributed by atoms with Gasteiger partial charge in [0.2, 0.25) is 11.8 Å². The highest BCUT2D eigenvalue weighted by atomic mass is 127. The summed E-state index contributed by atoms with van der Waals surface area (Å²) >= 11 is 2.16. The second kappa shape index (κ2) is 4.53. The zero-order chi connectivity index (χ0) is 15.9. The van der Waals surface area contributed by atoms with Crippen LogP contribution in [0, 0.1) is 39.1 Å². The number of carbonyl (C=O) groups excluding carboxylic acids is 3. The molecule has 2 saturated carbocycles. The average molecular weight is 419 g/mol. The largest absolute Gasteiger partial charge is 0.274 e. The Morgan fingerprint density at radius 3 is 2.00 bits per heavy atom. The molecule has 3 fully saturated rings. The number of amides is 3. The Balaban J connectivity index is 1.52. The monoisotopic (exact) mass is 419 g/mol. The molecule has 3 amide bonds. The molecule has 116 valence electrons. The third kappa shape index (κ3) is 1.74. The van der Waals surface area contributed by atoms with E-state index in [2.05, 4.69) is 34.7 Å². The molecule has 0 N–H and O–H groups in total. The Morgan fingerprint density at radius 2 is 1.48 bits per heavy atom. The fraction of sp³-hybridized carbons (Fsp3) is 0.389. The number of halogens is 1. The number of hydrogen-bond donors (Lipinski definition) is 0. The highest BCUT2D eigenvalue weighted by molar-refractivity contribution is 14.1. The SMILES string of the molecule is O=C(c1ccc(I)cc1)N1C(=O)[C@@H]2[C@H]3C=C[C@@H]([C@@H]4C[C@@H]34)[C@@H]2C1=O. The average Bonchev–Trinajstić information content (AvgIpc) is 3.32. The van der Waals surface area contributed by atoms with Crippen molar-refractivity contribution in [2.45, 2.75) is 6.42 Å². The lowest BCUT2D eigenvalue weighted by molar-refractivity contribution is -0.136. The summed E-state index contributed by atoms with van der Waals surface area (Å²) in [5, 5.41) is 0. The molecule has 1 aromatic rings. The molecule has 0 unspecified atom stereocenters. The molecule has 5 heteroatoms. The van der Waals surface area contributed by atoms with E-state index in [9.17, 15) is 14.4 Å². The minimum Gasteiger partial charge on any atom is -0.274 e. The Kier molecular flexibility index (Phi) is 2.73. The molecule has 2 bridgehead atoms. The van der Waals surface area contributed by atoms with Crippen molar-refractivity contribution < 1.29 is 14.4 Å². The second-order valence-corrected chi connectivity index (χ2v) is 8.22. The van der Waals surface area contributed by atoms with Crippen molar-refractivity contribution in [1.82, 2.24) is 4.90 Å². The minimum absolute atomic E-state index is 0.154. The van der Waals surface area contributed by atoms with E-state index in [0.29, 0.717) is 17.4 Å². The van der Waals surface area contributed by atoms with E-state index in [1.165, 1.54) is 0 Å². The van der Waals surface area contributed by atoms with Crippen LogP contribution in [0.2, 0.25) is 0 Å². The molecule has 0 radical (unpaired) electrons. The van der Waals surface area contributed by atoms with Gasteiger partial charge in [-0.1, -0.05) is 12.2 Å². The van der Waals surface area contributed by atoms with Crippen molar-refractivity contribution in [2.24, 2.45) is 35.5 Å². The fourth-order valence-electron chi connectivity index (χ4n) is 4.88. The first-order valence-corrected chi connectivity index (χ1v) is 9.02. The van der Waals surface area contributed by atoms with Crippen LogP contribution < -0.4 is 0 Å². The van der Waals surface area contributed by atoms with Crippen LogP contribution >= 0.6 is 22.6 Å². The van der Waals surface area contributed by atoms with Gasteiger partial charge in [0.1, 0.15) is 0 Å². The molecular weight excluding hydrogens is 405 g/mol. The number of imide groups is 3. The first kappa shape index (κ1) is 13.9. The summed E-state index contributed by atoms with van der Waals surface area (Å²) in [4.78, 5) is 39.3. The molecule has 23 heavy (non-hydrogen) atoms. The second-order valence-electron chi connectivity index (χ2n) is 6.98. The Bertz CT molecular complexity index is 748. The van der Waals surface area contributed by atoms with Crippen LogP contribution in [0.1, 0.15) is 16.8 Å². The molecule has 1 aliphatic heterocycles. The fourth-order valence-corrected chi connectivity index (χ4v) is 5.24. The number of benzene rings is 1. The van der Waals surface area contributed by atoms with Gasteiger partial charge in [0.25, 0.3) is 5.91 Å². The number of carbonyl (C=O) groups is 3. The third-order valence-corrected chi connectivity index (χ3v) is 6.68. The van der Waals surface area contributed by atoms with Crippen LogP contribution in [-0.4, -0.2) is 22.6 Å². The highest BCUT2D eigenvalue weighted by Crippen LogP contribution is 2.65. The molecule has 5 aliphatic rings. The lowest BCUT2D eigenvalue weighted by Crippen LogP contribution is -2.40. The van der Waals surface area contributed by atoms with Gasteiger partial charge in [-0.3, -0.25) is 14.4 Å². The van der Waals surface area contributed by atoms with Crippen LogP contribution in [0.4, 0.5) is 0 Å². The maximum Gasteiger partial charge on any atom is 0.267 e. The van der Waals surface area contributed by atoms with Crippen LogP contribution in [0.25, 0.3) is 0 Å². The minimum atomic E-state index is -0.473. The third-order valence-electron chi connectivity index (χ3n) is 5.96. The van der Waals surface area contributed by atoms with Gasteiger partial charge in [-0.15, -0.1) is 0 Å². The quantitative estimate of drug-likeness (QED) is 0.400. The maximum absolute atomic E-state index is 12.8. The molecule has 6 rings (SSSR count). The van der Waals surface area contributed by atoms with Gasteiger partial charge in [-0.05, 0) is 76.9 Å². The number of nitrogens with zero attached hydrogens (tertiary/aromatic N) is 1. The maximum atomic E-state index is 12.8. The van der Waals surface area contributed by atoms with Crippen LogP contribution in [0.5, 0.6) is 0 Å². The summed E-state index contributed by atoms with van der Waals surface area (Å²) < 4.78 is 1.01. The van der Waals surface area contributed by atoms with Crippen molar-refractivity contribution in [3.8, 4) is 0 Å². The molecule has 4 aliphatic carbocycles. The number of rotatable bonds is 1. The normalized spacial score (nSPS) is 39.4. The predicted molar refractivity (Wildman–Crippen MR) is 90.0 cm³/mol. The van der Waals surface area contributed by atoms with E-state index >= 15 is 0 Å². The topological polar surface area (TPSA) is 54.5 Å². The summed E-state index contributed by atoms with van der Waals surface area (Å²) in [6, 6.07) is 6.98. The zero-order valence-corrected chi connectivity index (χ0v) is 14.3. The zero-order valence-electron chi connectivity index (χ0n) is 12.2. The van der Waals surface area contributed by atoms with Gasteiger partial charge in [-0.25, -0.2) is 4.90 Å². The number of likely N-dealkylation sites (tertiary alicyclic amines) is 1. The molecule has 4 nitrogen and oxygen atoms in total. The van der Waals surface area contributed by atoms with E-state index in [1.807, 2.05) is 12.1 Å². The molecule has 1 heterocycles. The smallest absolute Gasteiger partial charge is 0.267 e. The molecule has 1 aromatic carbocycles. The standard InChI is InChI=1S/C18H14INO3/c19-9-3-1-8(2-4-9)16(21)20-17(22)14-10-5-6-11(13-7-12(10)13)15(14)18(20)23/h1-6,10-15H,7H2/t10-,11-,12-,13-,14-,15+/m0/s1. The summed E-state index contributed by atoms with van der Waals surface area (Å²) in [5.74, 6) is -0.252. The molecule has 0 aromatic heterocycles. The first-order chi connectivity index (χ1) is 11.1. The van der Waals surface area contributed by atoms with Crippen molar-refractivity contribution in [1.29, 1.82) is 0 Å². The first-order valence-electron chi connectivity index (χ1n) is 7.94. The molecule has 6 atom stereocenters. The number of allylic oxidation sites excluding steroid dienone is 2. The van der Waals surface area contributed by atoms with Crippen molar-refractivity contribution in [2.75, 3.05) is 0 Å². The Hall–Kier alpha value is -1.50. The van der Waals surface area contributed by atoms with Gasteiger partial charge in [0.15, 0.2) is 0 Å². The molecule has 1 saturated heterocycles. The van der Waals surface area contributed by atoms with Crippen LogP contribution in [0.15, 0.2) is 36.4 Å². The highest BCUT2D eigenvalue weighted by Gasteiger charge is 2.67. The van der Waals surface area contributed by atoms with E-state index in [0.717, 1.165) is 14.9 Å². The van der Waals surface area contributed by atoms with Gasteiger partial charge >= 0.3 is 0 Å². The van der Waals surface area contributed by atoms with Crippen molar-refractivity contribution in [3.63, 3.8) is 0 Å². The summed E-state index contributed by atoms with van der Waals surface area (Å²) in [5.41, 5.74) is 0.399. The van der Waals surface area contributed by atoms with Gasteiger partial charge in [0, 0.05) is 9.13 Å². The van der Waals surface area contributed by atoms with Gasteiger partial charge < -0.3 is 0 Å². The van der Waals surface area contributed by atoms with Crippen LogP contribution in [-0.2, 0) is 9.59 Å². The summed E-state index contributed by atoms with van der Waals surface area (Å²) in [6.45, 7) is 0. The molecule has 0 spiro atoms. The van der Waals surface area contributed by atoms with Crippen molar-refractivity contribution in [3.05, 3.63) is 45.6 Å². The number of hydrogen-bond acceptors (Lipinski definition) is 3. The Morgan fingerprint density at radius 1 is 0.957 bits per heavy atom. The Labute approximate surface area is 147 Å². The van der Waals surface area contributed by atoms with Crippen molar-refractivity contribution >= 4 is 40.3 Å². The predicted octanol–water partition coefficient (Wildman–Crippen LogP) is 2.48. The van der Waals surface area contributed by atoms with E-state index in [-0.39, 0.29) is 35.5 Å². The van der Waals surface area contributed by atoms with Gasteiger partial charge in [-0.2, -0.15) is 0 Å². The summed E-state index contributed by atoms with van der Waals surface area (Å²) in [6.07, 6.45) is 5.36. The van der Waals surface area contributed by atoms with E-state index < -0.39 is 5.91 Å². The summed E-state index contributed by atoms with van der Waals surface area (Å²) in [7, 11) is 0. The van der Waals surface area contributed by atoms with Gasteiger partial charge in [0.05, 0.1) is 11.8 Å².